The molecule has 2 aromatic carbocycles. The Morgan fingerprint density at radius 2 is 1.91 bits per heavy atom. The highest BCUT2D eigenvalue weighted by atomic mass is 16.5. The number of anilines is 1. The largest absolute Gasteiger partial charge is 0.493 e. The second kappa shape index (κ2) is 5.89. The number of ether oxygens (including phenoxy) is 1. The fraction of sp³-hybridized carbons (Fsp3) is 0.176. The summed E-state index contributed by atoms with van der Waals surface area (Å²) in [6, 6.07) is 13.6. The average molecular weight is 294 g/mol. The number of rotatable bonds is 4. The predicted octanol–water partition coefficient (Wildman–Crippen LogP) is 3.22. The first-order valence-corrected chi connectivity index (χ1v) is 7.19. The second-order valence-electron chi connectivity index (χ2n) is 5.07. The molecule has 1 aromatic heterocycles. The fourth-order valence-corrected chi connectivity index (χ4v) is 2.27. The topological polar surface area (TPSA) is 66.0 Å². The van der Waals surface area contributed by atoms with Crippen LogP contribution in [-0.2, 0) is 0 Å². The highest BCUT2D eigenvalue weighted by Crippen LogP contribution is 2.30. The van der Waals surface area contributed by atoms with Gasteiger partial charge >= 0.3 is 0 Å². The zero-order valence-corrected chi connectivity index (χ0v) is 12.7. The van der Waals surface area contributed by atoms with Gasteiger partial charge in [-0.2, -0.15) is 0 Å². The van der Waals surface area contributed by atoms with Crippen molar-refractivity contribution in [3.05, 3.63) is 54.2 Å². The molecule has 0 bridgehead atoms. The second-order valence-corrected chi connectivity index (χ2v) is 5.07. The Morgan fingerprint density at radius 3 is 2.64 bits per heavy atom. The van der Waals surface area contributed by atoms with Crippen molar-refractivity contribution >= 4 is 5.69 Å². The van der Waals surface area contributed by atoms with Crippen molar-refractivity contribution in [2.24, 2.45) is 0 Å². The van der Waals surface area contributed by atoms with Crippen molar-refractivity contribution < 1.29 is 4.74 Å². The van der Waals surface area contributed by atoms with Gasteiger partial charge in [0.15, 0.2) is 0 Å². The van der Waals surface area contributed by atoms with E-state index >= 15 is 0 Å². The fourth-order valence-electron chi connectivity index (χ4n) is 2.27. The van der Waals surface area contributed by atoms with Crippen LogP contribution in [-0.4, -0.2) is 21.6 Å². The molecule has 5 heteroatoms. The van der Waals surface area contributed by atoms with Crippen molar-refractivity contribution in [3.63, 3.8) is 0 Å². The van der Waals surface area contributed by atoms with Gasteiger partial charge in [0.05, 0.1) is 18.5 Å². The molecule has 5 nitrogen and oxygen atoms in total. The van der Waals surface area contributed by atoms with E-state index < -0.39 is 0 Å². The number of benzene rings is 2. The Morgan fingerprint density at radius 1 is 1.14 bits per heavy atom. The molecule has 22 heavy (non-hydrogen) atoms. The number of aromatic nitrogens is 3. The van der Waals surface area contributed by atoms with E-state index in [1.165, 1.54) is 0 Å². The number of aryl methyl sites for hydroxylation is 1. The van der Waals surface area contributed by atoms with E-state index in [9.17, 15) is 0 Å². The van der Waals surface area contributed by atoms with Crippen molar-refractivity contribution in [2.45, 2.75) is 13.8 Å². The quantitative estimate of drug-likeness (QED) is 0.750. The van der Waals surface area contributed by atoms with Crippen molar-refractivity contribution in [1.82, 2.24) is 15.0 Å². The van der Waals surface area contributed by atoms with Gasteiger partial charge in [0, 0.05) is 11.3 Å². The number of nitrogens with two attached hydrogens (primary N) is 1. The van der Waals surface area contributed by atoms with E-state index in [4.69, 9.17) is 10.5 Å². The molecule has 0 spiro atoms. The van der Waals surface area contributed by atoms with E-state index in [-0.39, 0.29) is 0 Å². The molecule has 0 radical (unpaired) electrons. The molecule has 0 atom stereocenters. The Balaban J connectivity index is 2.00. The van der Waals surface area contributed by atoms with Crippen LogP contribution in [0.5, 0.6) is 5.75 Å². The molecule has 0 saturated carbocycles. The Bertz CT molecular complexity index is 778. The third kappa shape index (κ3) is 2.79. The summed E-state index contributed by atoms with van der Waals surface area (Å²) >= 11 is 0. The van der Waals surface area contributed by atoms with Gasteiger partial charge in [-0.05, 0) is 50.2 Å². The molecule has 2 N–H and O–H groups in total. The van der Waals surface area contributed by atoms with E-state index in [1.807, 2.05) is 56.4 Å². The highest BCUT2D eigenvalue weighted by Gasteiger charge is 2.11. The van der Waals surface area contributed by atoms with Crippen LogP contribution >= 0.6 is 0 Å². The monoisotopic (exact) mass is 294 g/mol. The lowest BCUT2D eigenvalue weighted by atomic mass is 10.1. The lowest BCUT2D eigenvalue weighted by molar-refractivity contribution is 0.341. The molecule has 112 valence electrons. The lowest BCUT2D eigenvalue weighted by Crippen LogP contribution is -1.95. The van der Waals surface area contributed by atoms with Gasteiger partial charge in [-0.1, -0.05) is 16.8 Å². The van der Waals surface area contributed by atoms with Gasteiger partial charge in [0.1, 0.15) is 11.4 Å². The van der Waals surface area contributed by atoms with Crippen molar-refractivity contribution in [2.75, 3.05) is 12.3 Å². The molecule has 0 unspecified atom stereocenters. The van der Waals surface area contributed by atoms with E-state index in [0.29, 0.717) is 6.61 Å². The number of nitrogen functional groups attached to an aromatic ring is 1. The first-order valence-electron chi connectivity index (χ1n) is 7.19. The molecule has 0 aliphatic rings. The summed E-state index contributed by atoms with van der Waals surface area (Å²) in [5.41, 5.74) is 10.2. The summed E-state index contributed by atoms with van der Waals surface area (Å²) in [6.07, 6.45) is 1.89. The standard InChI is InChI=1S/C17H18N4O/c1-3-22-17-9-4-12(2)10-15(17)16-11-21(20-19-16)14-7-5-13(18)6-8-14/h4-11H,3,18H2,1-2H3. The minimum absolute atomic E-state index is 0.613. The smallest absolute Gasteiger partial charge is 0.128 e. The van der Waals surface area contributed by atoms with Gasteiger partial charge < -0.3 is 10.5 Å². The summed E-state index contributed by atoms with van der Waals surface area (Å²) in [6.45, 7) is 4.63. The van der Waals surface area contributed by atoms with E-state index in [1.54, 1.807) is 4.68 Å². The van der Waals surface area contributed by atoms with Crippen LogP contribution in [0.3, 0.4) is 0 Å². The van der Waals surface area contributed by atoms with Crippen LogP contribution in [0.2, 0.25) is 0 Å². The lowest BCUT2D eigenvalue weighted by Gasteiger charge is -2.08. The molecule has 3 aromatic rings. The van der Waals surface area contributed by atoms with Gasteiger partial charge in [-0.15, -0.1) is 5.10 Å². The molecule has 0 aliphatic heterocycles. The van der Waals surface area contributed by atoms with E-state index in [0.717, 1.165) is 33.9 Å². The van der Waals surface area contributed by atoms with Crippen LogP contribution in [0.4, 0.5) is 5.69 Å². The van der Waals surface area contributed by atoms with Crippen molar-refractivity contribution in [3.8, 4) is 22.7 Å². The Kier molecular flexibility index (Phi) is 3.78. The van der Waals surface area contributed by atoms with Gasteiger partial charge in [-0.3, -0.25) is 0 Å². The normalized spacial score (nSPS) is 10.6. The molecule has 0 amide bonds. The van der Waals surface area contributed by atoms with Crippen molar-refractivity contribution in [1.29, 1.82) is 0 Å². The van der Waals surface area contributed by atoms with Gasteiger partial charge in [0.25, 0.3) is 0 Å². The zero-order valence-electron chi connectivity index (χ0n) is 12.7. The third-order valence-electron chi connectivity index (χ3n) is 3.36. The Hall–Kier alpha value is -2.82. The molecule has 0 saturated heterocycles. The molecule has 1 heterocycles. The maximum atomic E-state index is 5.71. The minimum Gasteiger partial charge on any atom is -0.493 e. The third-order valence-corrected chi connectivity index (χ3v) is 3.36. The predicted molar refractivity (Wildman–Crippen MR) is 87.1 cm³/mol. The summed E-state index contributed by atoms with van der Waals surface area (Å²) < 4.78 is 7.41. The molecular weight excluding hydrogens is 276 g/mol. The average Bonchev–Trinajstić information content (AvgIpc) is 3.00. The molecule has 3 rings (SSSR count). The highest BCUT2D eigenvalue weighted by molar-refractivity contribution is 5.67. The van der Waals surface area contributed by atoms with Crippen LogP contribution in [0.1, 0.15) is 12.5 Å². The minimum atomic E-state index is 0.613. The SMILES string of the molecule is CCOc1ccc(C)cc1-c1cn(-c2ccc(N)cc2)nn1. The summed E-state index contributed by atoms with van der Waals surface area (Å²) in [4.78, 5) is 0. The van der Waals surface area contributed by atoms with E-state index in [2.05, 4.69) is 16.4 Å². The number of hydrogen-bond donors (Lipinski definition) is 1. The first-order chi connectivity index (χ1) is 10.7. The molecular formula is C17H18N4O. The maximum Gasteiger partial charge on any atom is 0.128 e. The summed E-state index contributed by atoms with van der Waals surface area (Å²) in [7, 11) is 0. The van der Waals surface area contributed by atoms with Gasteiger partial charge in [0.2, 0.25) is 0 Å². The Labute approximate surface area is 129 Å². The zero-order chi connectivity index (χ0) is 15.5. The first kappa shape index (κ1) is 14.1. The molecule has 0 aliphatic carbocycles. The van der Waals surface area contributed by atoms with Crippen LogP contribution < -0.4 is 10.5 Å². The molecule has 0 fully saturated rings. The van der Waals surface area contributed by atoms with Crippen LogP contribution in [0.15, 0.2) is 48.7 Å². The summed E-state index contributed by atoms with van der Waals surface area (Å²) in [5, 5.41) is 8.46. The van der Waals surface area contributed by atoms with Crippen LogP contribution in [0.25, 0.3) is 16.9 Å². The summed E-state index contributed by atoms with van der Waals surface area (Å²) in [5.74, 6) is 0.817. The number of hydrogen-bond acceptors (Lipinski definition) is 4. The van der Waals surface area contributed by atoms with Crippen LogP contribution in [0, 0.1) is 6.92 Å². The van der Waals surface area contributed by atoms with Gasteiger partial charge in [-0.25, -0.2) is 4.68 Å². The number of nitrogens with zero attached hydrogens (tertiary/aromatic N) is 3. The maximum absolute atomic E-state index is 5.71.